The molecule has 1 rings (SSSR count). The predicted molar refractivity (Wildman–Crippen MR) is 63.9 cm³/mol. The van der Waals surface area contributed by atoms with E-state index in [1.807, 2.05) is 6.92 Å². The van der Waals surface area contributed by atoms with E-state index in [9.17, 15) is 23.1 Å². The number of benzene rings is 1. The number of allylic oxidation sites excluding steroid dienone is 1. The van der Waals surface area contributed by atoms with Crippen molar-refractivity contribution in [1.29, 1.82) is 0 Å². The van der Waals surface area contributed by atoms with Crippen LogP contribution in [0.3, 0.4) is 0 Å². The molecule has 0 aromatic heterocycles. The average molecular weight is 274 g/mol. The van der Waals surface area contributed by atoms with Gasteiger partial charge in [0.2, 0.25) is 0 Å². The van der Waals surface area contributed by atoms with Crippen LogP contribution < -0.4 is 4.74 Å². The van der Waals surface area contributed by atoms with Crippen LogP contribution in [0.4, 0.5) is 13.2 Å². The van der Waals surface area contributed by atoms with Crippen molar-refractivity contribution in [2.45, 2.75) is 19.5 Å². The Labute approximate surface area is 108 Å². The molecular weight excluding hydrogens is 261 g/mol. The van der Waals surface area contributed by atoms with Gasteiger partial charge in [-0.1, -0.05) is 6.92 Å². The van der Waals surface area contributed by atoms with Crippen molar-refractivity contribution < 1.29 is 27.8 Å². The summed E-state index contributed by atoms with van der Waals surface area (Å²) in [6, 6.07) is 5.77. The molecule has 0 aliphatic heterocycles. The van der Waals surface area contributed by atoms with Gasteiger partial charge < -0.3 is 9.84 Å². The minimum atomic E-state index is -4.99. The summed E-state index contributed by atoms with van der Waals surface area (Å²) in [6.07, 6.45) is -4.01. The van der Waals surface area contributed by atoms with Crippen molar-refractivity contribution in [3.63, 3.8) is 0 Å². The maximum atomic E-state index is 12.0. The molecule has 1 aromatic rings. The van der Waals surface area contributed by atoms with Crippen molar-refractivity contribution in [3.8, 4) is 5.75 Å². The second kappa shape index (κ2) is 6.26. The van der Waals surface area contributed by atoms with Gasteiger partial charge in [0.05, 0.1) is 6.61 Å². The first-order chi connectivity index (χ1) is 8.84. The van der Waals surface area contributed by atoms with Crippen LogP contribution in [0.5, 0.6) is 5.75 Å². The molecule has 0 saturated carbocycles. The van der Waals surface area contributed by atoms with Crippen LogP contribution in [0.25, 0.3) is 5.76 Å². The van der Waals surface area contributed by atoms with Gasteiger partial charge in [0.1, 0.15) is 11.5 Å². The smallest absolute Gasteiger partial charge is 0.454 e. The fraction of sp³-hybridized carbons (Fsp3) is 0.308. The van der Waals surface area contributed by atoms with Gasteiger partial charge in [0.25, 0.3) is 5.78 Å². The number of rotatable bonds is 5. The third-order valence-electron chi connectivity index (χ3n) is 2.17. The van der Waals surface area contributed by atoms with Crippen LogP contribution in [0.1, 0.15) is 18.9 Å². The lowest BCUT2D eigenvalue weighted by Gasteiger charge is -2.06. The Morgan fingerprint density at radius 3 is 2.37 bits per heavy atom. The predicted octanol–water partition coefficient (Wildman–Crippen LogP) is 3.51. The number of hydrogen-bond acceptors (Lipinski definition) is 3. The minimum Gasteiger partial charge on any atom is -0.507 e. The van der Waals surface area contributed by atoms with Gasteiger partial charge in [-0.2, -0.15) is 13.2 Å². The highest BCUT2D eigenvalue weighted by Crippen LogP contribution is 2.21. The van der Waals surface area contributed by atoms with E-state index in [4.69, 9.17) is 4.74 Å². The molecule has 6 heteroatoms. The van der Waals surface area contributed by atoms with Crippen molar-refractivity contribution in [2.24, 2.45) is 0 Å². The van der Waals surface area contributed by atoms with Gasteiger partial charge in [-0.05, 0) is 30.7 Å². The standard InChI is InChI=1S/C13H13F3O3/c1-2-7-19-10-5-3-9(4-6-10)11(17)8-12(18)13(14,15)16/h3-6,8,17H,2,7H2,1H3/b11-8-. The second-order valence-corrected chi connectivity index (χ2v) is 3.76. The molecule has 0 atom stereocenters. The molecule has 0 spiro atoms. The SMILES string of the molecule is CCCOc1ccc(/C(O)=C/C(=O)C(F)(F)F)cc1. The molecule has 0 saturated heterocycles. The van der Waals surface area contributed by atoms with Crippen LogP contribution in [0, 0.1) is 0 Å². The quantitative estimate of drug-likeness (QED) is 0.660. The molecule has 0 fully saturated rings. The first kappa shape index (κ1) is 15.1. The third-order valence-corrected chi connectivity index (χ3v) is 2.17. The molecule has 1 N–H and O–H groups in total. The van der Waals surface area contributed by atoms with Crippen LogP contribution in [-0.4, -0.2) is 23.7 Å². The minimum absolute atomic E-state index is 0.112. The number of halogens is 3. The maximum absolute atomic E-state index is 12.0. The van der Waals surface area contributed by atoms with E-state index in [0.717, 1.165) is 6.42 Å². The molecule has 0 heterocycles. The molecule has 104 valence electrons. The fourth-order valence-corrected chi connectivity index (χ4v) is 1.23. The van der Waals surface area contributed by atoms with Crippen LogP contribution in [-0.2, 0) is 4.79 Å². The lowest BCUT2D eigenvalue weighted by atomic mass is 10.1. The Morgan fingerprint density at radius 2 is 1.89 bits per heavy atom. The number of ketones is 1. The first-order valence-electron chi connectivity index (χ1n) is 5.59. The molecule has 0 amide bonds. The summed E-state index contributed by atoms with van der Waals surface area (Å²) in [4.78, 5) is 10.7. The van der Waals surface area contributed by atoms with Gasteiger partial charge in [0, 0.05) is 11.6 Å². The zero-order valence-corrected chi connectivity index (χ0v) is 10.2. The first-order valence-corrected chi connectivity index (χ1v) is 5.59. The highest BCUT2D eigenvalue weighted by Gasteiger charge is 2.36. The molecule has 0 bridgehead atoms. The van der Waals surface area contributed by atoms with E-state index in [-0.39, 0.29) is 11.6 Å². The summed E-state index contributed by atoms with van der Waals surface area (Å²) in [6.45, 7) is 2.46. The number of alkyl halides is 3. The molecule has 0 aliphatic carbocycles. The number of carbonyl (C=O) groups excluding carboxylic acids is 1. The molecule has 0 aliphatic rings. The molecule has 19 heavy (non-hydrogen) atoms. The van der Waals surface area contributed by atoms with Gasteiger partial charge in [-0.15, -0.1) is 0 Å². The van der Waals surface area contributed by atoms with Crippen molar-refractivity contribution in [1.82, 2.24) is 0 Å². The van der Waals surface area contributed by atoms with Gasteiger partial charge >= 0.3 is 6.18 Å². The lowest BCUT2D eigenvalue weighted by Crippen LogP contribution is -2.20. The Hall–Kier alpha value is -1.98. The Morgan fingerprint density at radius 1 is 1.32 bits per heavy atom. The van der Waals surface area contributed by atoms with Crippen LogP contribution in [0.15, 0.2) is 30.3 Å². The van der Waals surface area contributed by atoms with Gasteiger partial charge in [-0.3, -0.25) is 4.79 Å². The highest BCUT2D eigenvalue weighted by molar-refractivity contribution is 5.99. The number of hydrogen-bond donors (Lipinski definition) is 1. The molecular formula is C13H13F3O3. The summed E-state index contributed by atoms with van der Waals surface area (Å²) in [5.74, 6) is -2.29. The summed E-state index contributed by atoms with van der Waals surface area (Å²) < 4.78 is 41.3. The third kappa shape index (κ3) is 4.65. The fourth-order valence-electron chi connectivity index (χ4n) is 1.23. The number of aliphatic hydroxyl groups is 1. The second-order valence-electron chi connectivity index (χ2n) is 3.76. The topological polar surface area (TPSA) is 46.5 Å². The summed E-state index contributed by atoms with van der Waals surface area (Å²) >= 11 is 0. The number of aliphatic hydroxyl groups excluding tert-OH is 1. The Balaban J connectivity index is 2.80. The van der Waals surface area contributed by atoms with E-state index in [1.165, 1.54) is 24.3 Å². The zero-order valence-electron chi connectivity index (χ0n) is 10.2. The Kier molecular flexibility index (Phi) is 4.97. The zero-order chi connectivity index (χ0) is 14.5. The van der Waals surface area contributed by atoms with E-state index >= 15 is 0 Å². The monoisotopic (exact) mass is 274 g/mol. The highest BCUT2D eigenvalue weighted by atomic mass is 19.4. The molecule has 3 nitrogen and oxygen atoms in total. The Bertz CT molecular complexity index is 461. The molecule has 1 aromatic carbocycles. The average Bonchev–Trinajstić information content (AvgIpc) is 2.35. The number of carbonyl (C=O) groups is 1. The van der Waals surface area contributed by atoms with E-state index < -0.39 is 17.7 Å². The summed E-state index contributed by atoms with van der Waals surface area (Å²) in [7, 11) is 0. The van der Waals surface area contributed by atoms with E-state index in [0.29, 0.717) is 12.4 Å². The molecule has 0 unspecified atom stereocenters. The summed E-state index contributed by atoms with van der Waals surface area (Å²) in [5, 5.41) is 9.42. The maximum Gasteiger partial charge on any atom is 0.454 e. The van der Waals surface area contributed by atoms with E-state index in [1.54, 1.807) is 0 Å². The van der Waals surface area contributed by atoms with Gasteiger partial charge in [-0.25, -0.2) is 0 Å². The normalized spacial score (nSPS) is 12.3. The van der Waals surface area contributed by atoms with Crippen molar-refractivity contribution in [2.75, 3.05) is 6.61 Å². The van der Waals surface area contributed by atoms with Gasteiger partial charge in [0.15, 0.2) is 0 Å². The van der Waals surface area contributed by atoms with Crippen LogP contribution in [0.2, 0.25) is 0 Å². The lowest BCUT2D eigenvalue weighted by molar-refractivity contribution is -0.165. The summed E-state index contributed by atoms with van der Waals surface area (Å²) in [5.41, 5.74) is 0.112. The number of ether oxygens (including phenoxy) is 1. The molecule has 0 radical (unpaired) electrons. The van der Waals surface area contributed by atoms with Crippen LogP contribution >= 0.6 is 0 Å². The van der Waals surface area contributed by atoms with Crippen molar-refractivity contribution in [3.05, 3.63) is 35.9 Å². The largest absolute Gasteiger partial charge is 0.507 e. The van der Waals surface area contributed by atoms with E-state index in [2.05, 4.69) is 0 Å². The van der Waals surface area contributed by atoms with Crippen molar-refractivity contribution >= 4 is 11.5 Å².